The van der Waals surface area contributed by atoms with Gasteiger partial charge in [-0.25, -0.2) is 8.42 Å². The SMILES string of the molecule is CC(C(=O)NCC(C)(C)CCl)S(C)(=O)=O. The first kappa shape index (κ1) is 14.7. The van der Waals surface area contributed by atoms with E-state index in [1.807, 2.05) is 13.8 Å². The van der Waals surface area contributed by atoms with E-state index in [1.54, 1.807) is 0 Å². The molecule has 0 spiro atoms. The lowest BCUT2D eigenvalue weighted by Crippen LogP contribution is -2.42. The average Bonchev–Trinajstić information content (AvgIpc) is 2.11. The molecule has 0 aromatic heterocycles. The van der Waals surface area contributed by atoms with Gasteiger partial charge in [-0.3, -0.25) is 4.79 Å². The van der Waals surface area contributed by atoms with E-state index in [0.717, 1.165) is 6.26 Å². The molecule has 6 heteroatoms. The number of nitrogens with one attached hydrogen (secondary N) is 1. The molecule has 0 rings (SSSR count). The third-order valence-corrected chi connectivity index (χ3v) is 4.34. The fourth-order valence-electron chi connectivity index (χ4n) is 0.712. The van der Waals surface area contributed by atoms with Crippen LogP contribution >= 0.6 is 11.6 Å². The summed E-state index contributed by atoms with van der Waals surface area (Å²) in [5.74, 6) is -0.0729. The van der Waals surface area contributed by atoms with Crippen molar-refractivity contribution in [3.8, 4) is 0 Å². The van der Waals surface area contributed by atoms with Crippen LogP contribution < -0.4 is 5.32 Å². The van der Waals surface area contributed by atoms with Crippen LogP contribution in [0.15, 0.2) is 0 Å². The Bertz CT molecular complexity index is 324. The highest BCUT2D eigenvalue weighted by Gasteiger charge is 2.25. The van der Waals surface area contributed by atoms with Crippen molar-refractivity contribution < 1.29 is 13.2 Å². The molecule has 0 aliphatic carbocycles. The Hall–Kier alpha value is -0.290. The number of sulfone groups is 1. The second-order valence-corrected chi connectivity index (χ2v) is 7.12. The summed E-state index contributed by atoms with van der Waals surface area (Å²) < 4.78 is 22.2. The van der Waals surface area contributed by atoms with Crippen molar-refractivity contribution in [2.24, 2.45) is 5.41 Å². The Labute approximate surface area is 96.3 Å². The van der Waals surface area contributed by atoms with Gasteiger partial charge in [0.25, 0.3) is 0 Å². The Morgan fingerprint density at radius 2 is 1.93 bits per heavy atom. The van der Waals surface area contributed by atoms with Gasteiger partial charge in [-0.05, 0) is 12.3 Å². The van der Waals surface area contributed by atoms with Crippen LogP contribution in [0.4, 0.5) is 0 Å². The number of amides is 1. The average molecular weight is 256 g/mol. The van der Waals surface area contributed by atoms with Crippen LogP contribution in [0.5, 0.6) is 0 Å². The third kappa shape index (κ3) is 5.37. The maximum absolute atomic E-state index is 11.4. The van der Waals surface area contributed by atoms with Crippen molar-refractivity contribution in [2.45, 2.75) is 26.0 Å². The summed E-state index contributed by atoms with van der Waals surface area (Å²) in [6.07, 6.45) is 1.05. The maximum atomic E-state index is 11.4. The predicted octanol–water partition coefficient (Wildman–Crippen LogP) is 0.801. The lowest BCUT2D eigenvalue weighted by atomic mass is 9.96. The summed E-state index contributed by atoms with van der Waals surface area (Å²) >= 11 is 5.68. The molecule has 0 radical (unpaired) electrons. The first-order valence-electron chi connectivity index (χ1n) is 4.63. The van der Waals surface area contributed by atoms with E-state index < -0.39 is 21.0 Å². The molecule has 90 valence electrons. The molecule has 0 aromatic rings. The third-order valence-electron chi connectivity index (χ3n) is 2.11. The van der Waals surface area contributed by atoms with Gasteiger partial charge >= 0.3 is 0 Å². The largest absolute Gasteiger partial charge is 0.354 e. The molecule has 1 amide bonds. The number of alkyl halides is 1. The highest BCUT2D eigenvalue weighted by molar-refractivity contribution is 7.92. The lowest BCUT2D eigenvalue weighted by Gasteiger charge is -2.22. The second-order valence-electron chi connectivity index (χ2n) is 4.49. The van der Waals surface area contributed by atoms with Crippen molar-refractivity contribution >= 4 is 27.3 Å². The highest BCUT2D eigenvalue weighted by Crippen LogP contribution is 2.15. The highest BCUT2D eigenvalue weighted by atomic mass is 35.5. The molecule has 15 heavy (non-hydrogen) atoms. The van der Waals surface area contributed by atoms with Crippen LogP contribution in [0.1, 0.15) is 20.8 Å². The molecule has 0 saturated carbocycles. The van der Waals surface area contributed by atoms with E-state index in [1.165, 1.54) is 6.92 Å². The van der Waals surface area contributed by atoms with E-state index in [-0.39, 0.29) is 5.41 Å². The van der Waals surface area contributed by atoms with Crippen molar-refractivity contribution in [3.05, 3.63) is 0 Å². The minimum atomic E-state index is -3.32. The first-order valence-corrected chi connectivity index (χ1v) is 7.11. The fourth-order valence-corrected chi connectivity index (χ4v) is 1.28. The Morgan fingerprint density at radius 3 is 2.27 bits per heavy atom. The molecule has 0 aliphatic heterocycles. The summed E-state index contributed by atoms with van der Waals surface area (Å²) in [6, 6.07) is 0. The molecule has 0 aromatic carbocycles. The smallest absolute Gasteiger partial charge is 0.238 e. The van der Waals surface area contributed by atoms with Crippen LogP contribution in [0.25, 0.3) is 0 Å². The number of carbonyl (C=O) groups is 1. The topological polar surface area (TPSA) is 63.2 Å². The Balaban J connectivity index is 4.29. The molecule has 0 aliphatic rings. The van der Waals surface area contributed by atoms with Gasteiger partial charge in [0.1, 0.15) is 5.25 Å². The number of hydrogen-bond donors (Lipinski definition) is 1. The minimum Gasteiger partial charge on any atom is -0.354 e. The van der Waals surface area contributed by atoms with Crippen molar-refractivity contribution in [1.29, 1.82) is 0 Å². The van der Waals surface area contributed by atoms with Gasteiger partial charge in [-0.2, -0.15) is 0 Å². The molecule has 4 nitrogen and oxygen atoms in total. The molecule has 1 N–H and O–H groups in total. The Kier molecular flexibility index (Phi) is 5.06. The number of halogens is 1. The van der Waals surface area contributed by atoms with Gasteiger partial charge in [-0.1, -0.05) is 13.8 Å². The summed E-state index contributed by atoms with van der Waals surface area (Å²) in [7, 11) is -3.32. The maximum Gasteiger partial charge on any atom is 0.238 e. The van der Waals surface area contributed by atoms with Gasteiger partial charge in [0.2, 0.25) is 5.91 Å². The summed E-state index contributed by atoms with van der Waals surface area (Å²) in [5, 5.41) is 1.57. The monoisotopic (exact) mass is 255 g/mol. The second kappa shape index (κ2) is 5.16. The minimum absolute atomic E-state index is 0.228. The molecule has 0 bridgehead atoms. The fraction of sp³-hybridized carbons (Fsp3) is 0.889. The zero-order chi connectivity index (χ0) is 12.3. The van der Waals surface area contributed by atoms with Crippen LogP contribution in [-0.4, -0.2) is 38.3 Å². The quantitative estimate of drug-likeness (QED) is 0.740. The van der Waals surface area contributed by atoms with Crippen LogP contribution in [-0.2, 0) is 14.6 Å². The first-order chi connectivity index (χ1) is 6.60. The molecule has 0 saturated heterocycles. The number of rotatable bonds is 5. The number of carbonyl (C=O) groups excluding carboxylic acids is 1. The zero-order valence-corrected chi connectivity index (χ0v) is 11.1. The normalized spacial score (nSPS) is 14.7. The van der Waals surface area contributed by atoms with E-state index in [4.69, 9.17) is 11.6 Å². The van der Waals surface area contributed by atoms with Crippen LogP contribution in [0.3, 0.4) is 0 Å². The van der Waals surface area contributed by atoms with Crippen LogP contribution in [0, 0.1) is 5.41 Å². The van der Waals surface area contributed by atoms with Crippen molar-refractivity contribution in [2.75, 3.05) is 18.7 Å². The number of hydrogen-bond acceptors (Lipinski definition) is 3. The predicted molar refractivity (Wildman–Crippen MR) is 61.8 cm³/mol. The van der Waals surface area contributed by atoms with Gasteiger partial charge < -0.3 is 5.32 Å². The molecule has 0 fully saturated rings. The summed E-state index contributed by atoms with van der Waals surface area (Å²) in [6.45, 7) is 5.53. The molecule has 1 unspecified atom stereocenters. The van der Waals surface area contributed by atoms with E-state index in [9.17, 15) is 13.2 Å². The van der Waals surface area contributed by atoms with Gasteiger partial charge in [0, 0.05) is 18.7 Å². The van der Waals surface area contributed by atoms with Crippen LogP contribution in [0.2, 0.25) is 0 Å². The molecule has 1 atom stereocenters. The summed E-state index contributed by atoms with van der Waals surface area (Å²) in [5.41, 5.74) is -0.228. The van der Waals surface area contributed by atoms with Gasteiger partial charge in [0.15, 0.2) is 9.84 Å². The van der Waals surface area contributed by atoms with Gasteiger partial charge in [0.05, 0.1) is 0 Å². The van der Waals surface area contributed by atoms with Crippen molar-refractivity contribution in [1.82, 2.24) is 5.32 Å². The Morgan fingerprint density at radius 1 is 1.47 bits per heavy atom. The van der Waals surface area contributed by atoms with Crippen molar-refractivity contribution in [3.63, 3.8) is 0 Å². The standard InChI is InChI=1S/C9H18ClNO3S/c1-7(15(4,13)14)8(12)11-6-9(2,3)5-10/h7H,5-6H2,1-4H3,(H,11,12). The lowest BCUT2D eigenvalue weighted by molar-refractivity contribution is -0.120. The summed E-state index contributed by atoms with van der Waals surface area (Å²) in [4.78, 5) is 11.4. The molecule has 0 heterocycles. The zero-order valence-electron chi connectivity index (χ0n) is 9.50. The molecular formula is C9H18ClNO3S. The van der Waals surface area contributed by atoms with E-state index in [0.29, 0.717) is 12.4 Å². The molecular weight excluding hydrogens is 238 g/mol. The van der Waals surface area contributed by atoms with Gasteiger partial charge in [-0.15, -0.1) is 11.6 Å². The van der Waals surface area contributed by atoms with E-state index in [2.05, 4.69) is 5.32 Å². The van der Waals surface area contributed by atoms with E-state index >= 15 is 0 Å².